The van der Waals surface area contributed by atoms with Crippen molar-refractivity contribution in [3.8, 4) is 0 Å². The summed E-state index contributed by atoms with van der Waals surface area (Å²) in [5.41, 5.74) is 3.43. The van der Waals surface area contributed by atoms with Crippen molar-refractivity contribution >= 4 is 17.5 Å². The first kappa shape index (κ1) is 20.1. The number of aryl methyl sites for hydroxylation is 2. The number of rotatable bonds is 6. The van der Waals surface area contributed by atoms with Gasteiger partial charge in [0.1, 0.15) is 5.82 Å². The minimum Gasteiger partial charge on any atom is -0.483 e. The maximum atomic E-state index is 8.36. The summed E-state index contributed by atoms with van der Waals surface area (Å²) in [5, 5.41) is 10.4. The van der Waals surface area contributed by atoms with E-state index < -0.39 is 0 Å². The molecule has 0 saturated carbocycles. The van der Waals surface area contributed by atoms with Gasteiger partial charge < -0.3 is 19.7 Å². The number of nitrogens with one attached hydrogen (secondary N) is 1. The van der Waals surface area contributed by atoms with Crippen molar-refractivity contribution in [3.63, 3.8) is 0 Å². The smallest absolute Gasteiger partial charge is 0.290 e. The van der Waals surface area contributed by atoms with Crippen LogP contribution in [0.4, 0.5) is 0 Å². The van der Waals surface area contributed by atoms with E-state index in [0.29, 0.717) is 6.04 Å². The number of methoxy groups -OCH3 is 1. The first-order valence-electron chi connectivity index (χ1n) is 8.02. The molecule has 0 aliphatic heterocycles. The molecule has 1 unspecified atom stereocenters. The molecule has 134 valence electrons. The molecule has 24 heavy (non-hydrogen) atoms. The lowest BCUT2D eigenvalue weighted by atomic mass is 9.99. The highest BCUT2D eigenvalue weighted by molar-refractivity contribution is 5.76. The van der Waals surface area contributed by atoms with Crippen LogP contribution >= 0.6 is 0 Å². The van der Waals surface area contributed by atoms with E-state index in [0.717, 1.165) is 24.3 Å². The summed E-state index contributed by atoms with van der Waals surface area (Å²) in [7, 11) is 3.82. The molecule has 1 atom stereocenters. The zero-order chi connectivity index (χ0) is 18.3. The Labute approximate surface area is 143 Å². The molecule has 2 aromatic rings. The molecule has 0 bridgehead atoms. The Morgan fingerprint density at radius 1 is 1.46 bits per heavy atom. The number of fused-ring (bicyclic) bond motifs is 1. The Hall–Kier alpha value is -1.92. The van der Waals surface area contributed by atoms with Crippen molar-refractivity contribution in [1.82, 2.24) is 14.9 Å². The van der Waals surface area contributed by atoms with Crippen molar-refractivity contribution < 1.29 is 14.6 Å². The van der Waals surface area contributed by atoms with Gasteiger partial charge in [0.15, 0.2) is 0 Å². The Morgan fingerprint density at radius 2 is 2.08 bits per heavy atom. The third kappa shape index (κ3) is 5.62. The fourth-order valence-corrected chi connectivity index (χ4v) is 2.66. The number of carboxylic acid groups (broad SMARTS) is 1. The molecule has 0 spiro atoms. The first-order chi connectivity index (χ1) is 11.2. The van der Waals surface area contributed by atoms with E-state index in [-0.39, 0.29) is 12.1 Å². The lowest BCUT2D eigenvalue weighted by molar-refractivity contribution is -0.122. The second-order valence-electron chi connectivity index (χ2n) is 6.60. The van der Waals surface area contributed by atoms with E-state index in [1.165, 1.54) is 11.1 Å². The van der Waals surface area contributed by atoms with Crippen LogP contribution in [0, 0.1) is 6.92 Å². The van der Waals surface area contributed by atoms with Crippen LogP contribution in [-0.4, -0.2) is 39.9 Å². The van der Waals surface area contributed by atoms with Crippen LogP contribution in [0.25, 0.3) is 11.0 Å². The predicted molar refractivity (Wildman–Crippen MR) is 96.2 cm³/mol. The van der Waals surface area contributed by atoms with Crippen LogP contribution in [0.1, 0.15) is 38.6 Å². The Kier molecular flexibility index (Phi) is 7.38. The summed E-state index contributed by atoms with van der Waals surface area (Å²) in [6.07, 6.45) is 0.981. The number of benzene rings is 1. The van der Waals surface area contributed by atoms with Crippen LogP contribution < -0.4 is 5.32 Å². The summed E-state index contributed by atoms with van der Waals surface area (Å²) in [4.78, 5) is 12.9. The van der Waals surface area contributed by atoms with Gasteiger partial charge in [-0.3, -0.25) is 4.79 Å². The maximum absolute atomic E-state index is 8.36. The van der Waals surface area contributed by atoms with Gasteiger partial charge in [-0.25, -0.2) is 4.98 Å². The lowest BCUT2D eigenvalue weighted by Gasteiger charge is -2.27. The van der Waals surface area contributed by atoms with Crippen molar-refractivity contribution in [2.24, 2.45) is 7.05 Å². The van der Waals surface area contributed by atoms with E-state index in [4.69, 9.17) is 14.6 Å². The third-order valence-electron chi connectivity index (χ3n) is 4.17. The summed E-state index contributed by atoms with van der Waals surface area (Å²) in [5.74, 6) is 1.05. The molecule has 1 aromatic heterocycles. The normalized spacial score (nSPS) is 12.6. The van der Waals surface area contributed by atoms with Crippen molar-refractivity contribution in [3.05, 3.63) is 29.6 Å². The van der Waals surface area contributed by atoms with Gasteiger partial charge in [0.25, 0.3) is 6.47 Å². The van der Waals surface area contributed by atoms with Crippen LogP contribution in [0.2, 0.25) is 0 Å². The van der Waals surface area contributed by atoms with Gasteiger partial charge in [-0.1, -0.05) is 6.07 Å². The molecule has 2 rings (SSSR count). The molecule has 1 heterocycles. The van der Waals surface area contributed by atoms with Crippen molar-refractivity contribution in [2.75, 3.05) is 7.11 Å². The third-order valence-corrected chi connectivity index (χ3v) is 4.17. The highest BCUT2D eigenvalue weighted by atomic mass is 16.5. The highest BCUT2D eigenvalue weighted by Gasteiger charge is 2.19. The molecular formula is C18H29N3O3. The second kappa shape index (κ2) is 8.80. The maximum Gasteiger partial charge on any atom is 0.290 e. The number of carbonyl (C=O) groups is 1. The molecule has 0 aliphatic carbocycles. The predicted octanol–water partition coefficient (Wildman–Crippen LogP) is 2.88. The number of nitrogens with zero attached hydrogens (tertiary/aromatic N) is 2. The van der Waals surface area contributed by atoms with Crippen LogP contribution in [0.15, 0.2) is 18.2 Å². The van der Waals surface area contributed by atoms with Crippen LogP contribution in [0.5, 0.6) is 0 Å². The number of hydrogen-bond donors (Lipinski definition) is 2. The quantitative estimate of drug-likeness (QED) is 0.794. The molecule has 0 amide bonds. The number of ether oxygens (including phenoxy) is 1. The summed E-state index contributed by atoms with van der Waals surface area (Å²) in [6.45, 7) is 9.07. The molecule has 0 saturated heterocycles. The molecule has 1 aromatic carbocycles. The Bertz CT molecular complexity index is 665. The van der Waals surface area contributed by atoms with Gasteiger partial charge in [-0.15, -0.1) is 0 Å². The number of aromatic nitrogens is 2. The highest BCUT2D eigenvalue weighted by Crippen LogP contribution is 2.18. The monoisotopic (exact) mass is 335 g/mol. The summed E-state index contributed by atoms with van der Waals surface area (Å²) in [6, 6.07) is 6.89. The average molecular weight is 335 g/mol. The minimum absolute atomic E-state index is 0.0888. The topological polar surface area (TPSA) is 76.4 Å². The van der Waals surface area contributed by atoms with E-state index in [2.05, 4.69) is 60.9 Å². The largest absolute Gasteiger partial charge is 0.483 e. The zero-order valence-corrected chi connectivity index (χ0v) is 15.5. The van der Waals surface area contributed by atoms with E-state index >= 15 is 0 Å². The zero-order valence-electron chi connectivity index (χ0n) is 15.5. The Balaban J connectivity index is 0.000000891. The molecule has 0 aliphatic rings. The summed E-state index contributed by atoms with van der Waals surface area (Å²) >= 11 is 0. The Morgan fingerprint density at radius 3 is 2.67 bits per heavy atom. The SMILES string of the molecule is COC(C)(C)CC(C)NCc1ccc2c(c1)nc(C)n2C.O=CO. The lowest BCUT2D eigenvalue weighted by Crippen LogP contribution is -2.35. The molecule has 0 radical (unpaired) electrons. The van der Waals surface area contributed by atoms with Gasteiger partial charge in [-0.2, -0.15) is 0 Å². The van der Waals surface area contributed by atoms with Crippen LogP contribution in [-0.2, 0) is 23.1 Å². The van der Waals surface area contributed by atoms with E-state index in [1.54, 1.807) is 7.11 Å². The minimum atomic E-state index is -0.250. The van der Waals surface area contributed by atoms with Gasteiger partial charge >= 0.3 is 0 Å². The molecule has 2 N–H and O–H groups in total. The number of imidazole rings is 1. The second-order valence-corrected chi connectivity index (χ2v) is 6.60. The van der Waals surface area contributed by atoms with E-state index in [1.807, 2.05) is 6.92 Å². The van der Waals surface area contributed by atoms with Crippen molar-refractivity contribution in [1.29, 1.82) is 0 Å². The standard InChI is InChI=1S/C17H27N3O.CH2O2/c1-12(10-17(3,4)21-6)18-11-14-7-8-16-15(9-14)19-13(2)20(16)5;2-1-3/h7-9,12,18H,10-11H2,1-6H3;1H,(H,2,3). The van der Waals surface area contributed by atoms with Crippen molar-refractivity contribution in [2.45, 2.75) is 52.3 Å². The summed E-state index contributed by atoms with van der Waals surface area (Å²) < 4.78 is 7.60. The fraction of sp³-hybridized carbons (Fsp3) is 0.556. The number of hydrogen-bond acceptors (Lipinski definition) is 4. The fourth-order valence-electron chi connectivity index (χ4n) is 2.66. The van der Waals surface area contributed by atoms with Crippen LogP contribution in [0.3, 0.4) is 0 Å². The van der Waals surface area contributed by atoms with Gasteiger partial charge in [0.05, 0.1) is 16.6 Å². The molecular weight excluding hydrogens is 306 g/mol. The van der Waals surface area contributed by atoms with Gasteiger partial charge in [-0.05, 0) is 51.8 Å². The van der Waals surface area contributed by atoms with E-state index in [9.17, 15) is 0 Å². The van der Waals surface area contributed by atoms with Gasteiger partial charge in [0.2, 0.25) is 0 Å². The van der Waals surface area contributed by atoms with Gasteiger partial charge in [0, 0.05) is 26.7 Å². The average Bonchev–Trinajstić information content (AvgIpc) is 2.80. The first-order valence-corrected chi connectivity index (χ1v) is 8.02. The molecule has 6 heteroatoms. The molecule has 0 fully saturated rings. The molecule has 6 nitrogen and oxygen atoms in total.